The normalized spacial score (nSPS) is 7.09. The number of aryl methyl sites for hydroxylation is 2. The van der Waals surface area contributed by atoms with E-state index in [1.807, 2.05) is 17.8 Å². The summed E-state index contributed by atoms with van der Waals surface area (Å²) >= 11 is 0. The molecule has 0 radical (unpaired) electrons. The SMILES string of the molecule is Br.CC[n+]1ccn(C)c1.[AlH3].[Br-]. The van der Waals surface area contributed by atoms with Gasteiger partial charge in [-0.15, -0.1) is 17.0 Å². The zero-order valence-corrected chi connectivity index (χ0v) is 9.42. The molecule has 1 aromatic heterocycles. The molecule has 0 aliphatic rings. The van der Waals surface area contributed by atoms with E-state index >= 15 is 0 Å². The fraction of sp³-hybridized carbons (Fsp3) is 0.500. The molecule has 0 spiro atoms. The number of hydrogen-bond acceptors (Lipinski definition) is 0. The maximum atomic E-state index is 2.12. The van der Waals surface area contributed by atoms with Crippen molar-refractivity contribution in [1.29, 1.82) is 0 Å². The molecule has 0 bridgehead atoms. The molecular formula is C6H15AlBr2N2. The largest absolute Gasteiger partial charge is 1.00 e. The molecule has 1 aromatic rings. The minimum atomic E-state index is 0. The molecule has 66 valence electrons. The molecule has 5 heteroatoms. The average molecular weight is 302 g/mol. The molecule has 0 atom stereocenters. The Balaban J connectivity index is -0.000000213. The van der Waals surface area contributed by atoms with Crippen LogP contribution in [0.1, 0.15) is 6.92 Å². The lowest BCUT2D eigenvalue weighted by molar-refractivity contribution is -0.693. The van der Waals surface area contributed by atoms with Crippen LogP contribution in [0.5, 0.6) is 0 Å². The van der Waals surface area contributed by atoms with Gasteiger partial charge in [0.2, 0.25) is 6.33 Å². The molecular weight excluding hydrogens is 287 g/mol. The summed E-state index contributed by atoms with van der Waals surface area (Å²) in [5, 5.41) is 0. The van der Waals surface area contributed by atoms with Crippen molar-refractivity contribution in [3.63, 3.8) is 0 Å². The van der Waals surface area contributed by atoms with Gasteiger partial charge in [-0.1, -0.05) is 0 Å². The van der Waals surface area contributed by atoms with Gasteiger partial charge in [-0.25, -0.2) is 9.13 Å². The van der Waals surface area contributed by atoms with E-state index in [1.54, 1.807) is 0 Å². The van der Waals surface area contributed by atoms with Gasteiger partial charge in [-0.05, 0) is 6.92 Å². The number of imidazole rings is 1. The van der Waals surface area contributed by atoms with Crippen molar-refractivity contribution < 1.29 is 21.5 Å². The lowest BCUT2D eigenvalue weighted by atomic mass is 10.7. The van der Waals surface area contributed by atoms with Crippen molar-refractivity contribution in [2.24, 2.45) is 7.05 Å². The lowest BCUT2D eigenvalue weighted by Gasteiger charge is -1.81. The summed E-state index contributed by atoms with van der Waals surface area (Å²) in [6, 6.07) is 0. The third-order valence-electron chi connectivity index (χ3n) is 1.19. The highest BCUT2D eigenvalue weighted by atomic mass is 79.9. The van der Waals surface area contributed by atoms with E-state index in [0.29, 0.717) is 0 Å². The molecule has 2 nitrogen and oxygen atoms in total. The third-order valence-corrected chi connectivity index (χ3v) is 1.19. The topological polar surface area (TPSA) is 8.81 Å². The summed E-state index contributed by atoms with van der Waals surface area (Å²) in [7, 11) is 2.02. The van der Waals surface area contributed by atoms with E-state index in [2.05, 4.69) is 24.0 Å². The Hall–Kier alpha value is 0.702. The van der Waals surface area contributed by atoms with Crippen LogP contribution in [-0.4, -0.2) is 21.9 Å². The molecule has 0 aliphatic heterocycles. The number of rotatable bonds is 1. The van der Waals surface area contributed by atoms with Gasteiger partial charge in [0.25, 0.3) is 0 Å². The van der Waals surface area contributed by atoms with Gasteiger partial charge in [-0.3, -0.25) is 0 Å². The van der Waals surface area contributed by atoms with E-state index in [1.165, 1.54) is 0 Å². The van der Waals surface area contributed by atoms with Crippen LogP contribution in [0.2, 0.25) is 0 Å². The maximum absolute atomic E-state index is 2.12. The van der Waals surface area contributed by atoms with Crippen LogP contribution < -0.4 is 21.5 Å². The number of hydrogen-bond donors (Lipinski definition) is 0. The molecule has 0 saturated heterocycles. The Labute approximate surface area is 99.3 Å². The molecule has 1 rings (SSSR count). The first-order valence-corrected chi connectivity index (χ1v) is 2.84. The van der Waals surface area contributed by atoms with Crippen molar-refractivity contribution in [2.45, 2.75) is 13.5 Å². The molecule has 0 saturated carbocycles. The van der Waals surface area contributed by atoms with Crippen molar-refractivity contribution >= 4 is 34.3 Å². The second kappa shape index (κ2) is 8.80. The molecule has 0 fully saturated rings. The van der Waals surface area contributed by atoms with Crippen LogP contribution in [0.25, 0.3) is 0 Å². The highest BCUT2D eigenvalue weighted by Crippen LogP contribution is 1.74. The standard InChI is InChI=1S/C6H11N2.Al.2BrH.3H/c1-3-8-5-4-7(2)6-8;;;;;;/h4-6H,3H2,1-2H3;;2*1H;;;/q+1;;;;;;/p-1. The second-order valence-corrected chi connectivity index (χ2v) is 1.91. The molecule has 11 heavy (non-hydrogen) atoms. The molecule has 1 heterocycles. The van der Waals surface area contributed by atoms with Gasteiger partial charge >= 0.3 is 0 Å². The summed E-state index contributed by atoms with van der Waals surface area (Å²) in [4.78, 5) is 0. The van der Waals surface area contributed by atoms with Crippen LogP contribution in [0, 0.1) is 0 Å². The first-order valence-electron chi connectivity index (χ1n) is 2.84. The number of aromatic nitrogens is 2. The quantitative estimate of drug-likeness (QED) is 0.380. The Morgan fingerprint density at radius 2 is 2.00 bits per heavy atom. The van der Waals surface area contributed by atoms with Gasteiger partial charge in [-0.2, -0.15) is 0 Å². The maximum Gasteiger partial charge on any atom is 0.243 e. The van der Waals surface area contributed by atoms with Crippen LogP contribution >= 0.6 is 17.0 Å². The van der Waals surface area contributed by atoms with Gasteiger partial charge in [0.15, 0.2) is 17.4 Å². The summed E-state index contributed by atoms with van der Waals surface area (Å²) in [5.41, 5.74) is 0. The van der Waals surface area contributed by atoms with E-state index in [9.17, 15) is 0 Å². The third kappa shape index (κ3) is 5.92. The Morgan fingerprint density at radius 1 is 1.45 bits per heavy atom. The van der Waals surface area contributed by atoms with Crippen LogP contribution in [0.15, 0.2) is 18.7 Å². The van der Waals surface area contributed by atoms with Crippen LogP contribution in [-0.2, 0) is 13.6 Å². The van der Waals surface area contributed by atoms with Gasteiger partial charge in [0, 0.05) is 0 Å². The number of nitrogens with zero attached hydrogens (tertiary/aromatic N) is 2. The molecule has 0 N–H and O–H groups in total. The summed E-state index contributed by atoms with van der Waals surface area (Å²) in [6.07, 6.45) is 6.14. The Morgan fingerprint density at radius 3 is 2.18 bits per heavy atom. The predicted octanol–water partition coefficient (Wildman–Crippen LogP) is -3.27. The fourth-order valence-corrected chi connectivity index (χ4v) is 0.689. The smallest absolute Gasteiger partial charge is 0.243 e. The van der Waals surface area contributed by atoms with Crippen LogP contribution in [0.4, 0.5) is 0 Å². The lowest BCUT2D eigenvalue weighted by Crippen LogP contribution is -3.00. The highest BCUT2D eigenvalue weighted by Gasteiger charge is 1.92. The molecule has 0 amide bonds. The Kier molecular flexibility index (Phi) is 14.2. The van der Waals surface area contributed by atoms with Crippen molar-refractivity contribution in [3.05, 3.63) is 18.7 Å². The molecule has 0 aliphatic carbocycles. The van der Waals surface area contributed by atoms with E-state index < -0.39 is 0 Å². The minimum Gasteiger partial charge on any atom is -1.00 e. The summed E-state index contributed by atoms with van der Waals surface area (Å²) < 4.78 is 4.16. The van der Waals surface area contributed by atoms with Crippen molar-refractivity contribution in [3.8, 4) is 0 Å². The monoisotopic (exact) mass is 300 g/mol. The zero-order valence-electron chi connectivity index (χ0n) is 6.12. The summed E-state index contributed by atoms with van der Waals surface area (Å²) in [6.45, 7) is 3.18. The minimum absolute atomic E-state index is 0. The zero-order chi connectivity index (χ0) is 5.98. The average Bonchev–Trinajstić information content (AvgIpc) is 2.14. The first-order chi connectivity index (χ1) is 3.83. The van der Waals surface area contributed by atoms with Crippen LogP contribution in [0.3, 0.4) is 0 Å². The highest BCUT2D eigenvalue weighted by molar-refractivity contribution is 8.93. The van der Waals surface area contributed by atoms with Gasteiger partial charge < -0.3 is 17.0 Å². The summed E-state index contributed by atoms with van der Waals surface area (Å²) in [5.74, 6) is 0. The van der Waals surface area contributed by atoms with Gasteiger partial charge in [0.05, 0.1) is 13.6 Å². The second-order valence-electron chi connectivity index (χ2n) is 1.91. The predicted molar refractivity (Wildman–Crippen MR) is 51.5 cm³/mol. The van der Waals surface area contributed by atoms with E-state index in [-0.39, 0.29) is 51.3 Å². The Bertz CT molecular complexity index is 179. The van der Waals surface area contributed by atoms with E-state index in [4.69, 9.17) is 0 Å². The first kappa shape index (κ1) is 17.7. The van der Waals surface area contributed by atoms with Gasteiger partial charge in [0.1, 0.15) is 12.4 Å². The van der Waals surface area contributed by atoms with Crippen molar-refractivity contribution in [1.82, 2.24) is 4.57 Å². The van der Waals surface area contributed by atoms with E-state index in [0.717, 1.165) is 6.54 Å². The fourth-order valence-electron chi connectivity index (χ4n) is 0.689. The molecule has 0 unspecified atom stereocenters. The number of halogens is 2. The van der Waals surface area contributed by atoms with Crippen molar-refractivity contribution in [2.75, 3.05) is 0 Å². The molecule has 0 aromatic carbocycles.